The van der Waals surface area contributed by atoms with Gasteiger partial charge in [-0.1, -0.05) is 24.3 Å². The van der Waals surface area contributed by atoms with Gasteiger partial charge in [-0.2, -0.15) is 0 Å². The van der Waals surface area contributed by atoms with E-state index in [1.165, 1.54) is 0 Å². The lowest BCUT2D eigenvalue weighted by Gasteiger charge is -2.24. The van der Waals surface area contributed by atoms with Gasteiger partial charge in [0.25, 0.3) is 5.91 Å². The van der Waals surface area contributed by atoms with Crippen LogP contribution in [0.3, 0.4) is 0 Å². The van der Waals surface area contributed by atoms with Crippen molar-refractivity contribution in [2.45, 2.75) is 19.4 Å². The Kier molecular flexibility index (Phi) is 4.81. The van der Waals surface area contributed by atoms with E-state index < -0.39 is 5.60 Å². The van der Waals surface area contributed by atoms with E-state index >= 15 is 0 Å². The molecule has 1 unspecified atom stereocenters. The first kappa shape index (κ1) is 17.1. The van der Waals surface area contributed by atoms with Gasteiger partial charge in [0.1, 0.15) is 11.4 Å². The zero-order valence-corrected chi connectivity index (χ0v) is 14.2. The lowest BCUT2D eigenvalue weighted by molar-refractivity contribution is -0.124. The Balaban J connectivity index is 1.54. The largest absolute Gasteiger partial charge is 0.484 e. The molecule has 0 aliphatic carbocycles. The number of carbonyl (C=O) groups is 1. The van der Waals surface area contributed by atoms with Gasteiger partial charge in [0.05, 0.1) is 6.54 Å². The lowest BCUT2D eigenvalue weighted by Crippen LogP contribution is -2.40. The highest BCUT2D eigenvalue weighted by atomic mass is 16.7. The summed E-state index contributed by atoms with van der Waals surface area (Å²) >= 11 is 0. The van der Waals surface area contributed by atoms with Crippen LogP contribution < -0.4 is 19.5 Å². The van der Waals surface area contributed by atoms with Gasteiger partial charge in [-0.3, -0.25) is 4.79 Å². The van der Waals surface area contributed by atoms with Gasteiger partial charge in [0.2, 0.25) is 6.79 Å². The number of hydrogen-bond donors (Lipinski definition) is 2. The number of aryl methyl sites for hydroxylation is 1. The number of benzene rings is 2. The highest BCUT2D eigenvalue weighted by Gasteiger charge is 2.26. The van der Waals surface area contributed by atoms with Crippen molar-refractivity contribution in [2.75, 3.05) is 19.9 Å². The van der Waals surface area contributed by atoms with Crippen LogP contribution in [-0.4, -0.2) is 31.0 Å². The molecule has 0 spiro atoms. The van der Waals surface area contributed by atoms with E-state index in [4.69, 9.17) is 14.2 Å². The van der Waals surface area contributed by atoms with Crippen LogP contribution in [0.2, 0.25) is 0 Å². The molecule has 0 radical (unpaired) electrons. The van der Waals surface area contributed by atoms with E-state index in [2.05, 4.69) is 5.32 Å². The summed E-state index contributed by atoms with van der Waals surface area (Å²) in [5, 5.41) is 13.3. The van der Waals surface area contributed by atoms with E-state index in [1.54, 1.807) is 25.1 Å². The third kappa shape index (κ3) is 4.03. The fraction of sp³-hybridized carbons (Fsp3) is 0.316. The van der Waals surface area contributed by atoms with Crippen molar-refractivity contribution in [1.82, 2.24) is 5.32 Å². The molecule has 0 fully saturated rings. The van der Waals surface area contributed by atoms with Gasteiger partial charge in [-0.05, 0) is 43.2 Å². The minimum Gasteiger partial charge on any atom is -0.484 e. The van der Waals surface area contributed by atoms with Gasteiger partial charge in [-0.15, -0.1) is 0 Å². The Hall–Kier alpha value is -2.73. The zero-order valence-electron chi connectivity index (χ0n) is 14.2. The monoisotopic (exact) mass is 343 g/mol. The molecular weight excluding hydrogens is 322 g/mol. The van der Waals surface area contributed by atoms with Crippen LogP contribution in [0, 0.1) is 6.92 Å². The molecular formula is C19H21NO5. The van der Waals surface area contributed by atoms with Crippen LogP contribution in [-0.2, 0) is 10.4 Å². The van der Waals surface area contributed by atoms with Crippen LogP contribution >= 0.6 is 0 Å². The molecule has 2 aromatic carbocycles. The Morgan fingerprint density at radius 1 is 1.24 bits per heavy atom. The number of nitrogens with one attached hydrogen (secondary N) is 1. The zero-order chi connectivity index (χ0) is 17.9. The summed E-state index contributed by atoms with van der Waals surface area (Å²) in [5.74, 6) is 1.60. The second-order valence-electron chi connectivity index (χ2n) is 6.17. The predicted molar refractivity (Wildman–Crippen MR) is 91.8 cm³/mol. The number of hydrogen-bond acceptors (Lipinski definition) is 5. The summed E-state index contributed by atoms with van der Waals surface area (Å²) < 4.78 is 16.1. The molecule has 0 aromatic heterocycles. The molecule has 0 bridgehead atoms. The number of para-hydroxylation sites is 1. The molecule has 25 heavy (non-hydrogen) atoms. The lowest BCUT2D eigenvalue weighted by atomic mass is 9.95. The van der Waals surface area contributed by atoms with Gasteiger partial charge in [-0.25, -0.2) is 0 Å². The molecule has 1 amide bonds. The summed E-state index contributed by atoms with van der Waals surface area (Å²) in [6.45, 7) is 3.67. The number of amides is 1. The maximum Gasteiger partial charge on any atom is 0.258 e. The SMILES string of the molecule is Cc1ccccc1OCC(=O)NCC(C)(O)c1ccc2c(c1)OCO2. The molecule has 1 atom stereocenters. The maximum absolute atomic E-state index is 12.0. The minimum atomic E-state index is -1.24. The molecule has 6 heteroatoms. The van der Waals surface area contributed by atoms with Crippen molar-refractivity contribution in [2.24, 2.45) is 0 Å². The highest BCUT2D eigenvalue weighted by Crippen LogP contribution is 2.35. The Bertz CT molecular complexity index is 772. The fourth-order valence-electron chi connectivity index (χ4n) is 2.52. The van der Waals surface area contributed by atoms with E-state index in [9.17, 15) is 9.90 Å². The third-order valence-electron chi connectivity index (χ3n) is 4.08. The minimum absolute atomic E-state index is 0.0581. The van der Waals surface area contributed by atoms with Crippen LogP contribution in [0.4, 0.5) is 0 Å². The number of ether oxygens (including phenoxy) is 3. The van der Waals surface area contributed by atoms with E-state index in [0.717, 1.165) is 5.56 Å². The summed E-state index contributed by atoms with van der Waals surface area (Å²) in [7, 11) is 0. The molecule has 0 saturated heterocycles. The molecule has 132 valence electrons. The van der Waals surface area contributed by atoms with Gasteiger partial charge >= 0.3 is 0 Å². The second-order valence-corrected chi connectivity index (χ2v) is 6.17. The van der Waals surface area contributed by atoms with E-state index in [1.807, 2.05) is 31.2 Å². The molecule has 6 nitrogen and oxygen atoms in total. The highest BCUT2D eigenvalue weighted by molar-refractivity contribution is 5.77. The Morgan fingerprint density at radius 3 is 2.80 bits per heavy atom. The number of fused-ring (bicyclic) bond motifs is 1. The summed E-state index contributed by atoms with van der Waals surface area (Å²) in [6.07, 6.45) is 0. The third-order valence-corrected chi connectivity index (χ3v) is 4.08. The van der Waals surface area contributed by atoms with Gasteiger partial charge in [0, 0.05) is 0 Å². The number of aliphatic hydroxyl groups is 1. The summed E-state index contributed by atoms with van der Waals surface area (Å²) in [6, 6.07) is 12.7. The number of carbonyl (C=O) groups excluding carboxylic acids is 1. The predicted octanol–water partition coefficient (Wildman–Crippen LogP) is 2.13. The van der Waals surface area contributed by atoms with Crippen LogP contribution in [0.25, 0.3) is 0 Å². The van der Waals surface area contributed by atoms with Gasteiger partial charge in [0.15, 0.2) is 18.1 Å². The van der Waals surface area contributed by atoms with Crippen molar-refractivity contribution >= 4 is 5.91 Å². The first-order valence-corrected chi connectivity index (χ1v) is 8.03. The van der Waals surface area contributed by atoms with Crippen molar-refractivity contribution in [3.05, 3.63) is 53.6 Å². The van der Waals surface area contributed by atoms with Crippen LogP contribution in [0.1, 0.15) is 18.1 Å². The molecule has 2 aromatic rings. The first-order valence-electron chi connectivity index (χ1n) is 8.03. The van der Waals surface area contributed by atoms with Gasteiger partial charge < -0.3 is 24.6 Å². The molecule has 0 saturated carbocycles. The normalized spacial score (nSPS) is 14.7. The topological polar surface area (TPSA) is 77.0 Å². The molecule has 2 N–H and O–H groups in total. The average Bonchev–Trinajstić information content (AvgIpc) is 3.07. The average molecular weight is 343 g/mol. The Morgan fingerprint density at radius 2 is 2.00 bits per heavy atom. The first-order chi connectivity index (χ1) is 12.0. The molecule has 1 heterocycles. The maximum atomic E-state index is 12.0. The summed E-state index contributed by atoms with van der Waals surface area (Å²) in [4.78, 5) is 12.0. The second kappa shape index (κ2) is 7.03. The molecule has 1 aliphatic rings. The van der Waals surface area contributed by atoms with E-state index in [0.29, 0.717) is 22.8 Å². The van der Waals surface area contributed by atoms with Crippen LogP contribution in [0.5, 0.6) is 17.2 Å². The standard InChI is InChI=1S/C19H21NO5/c1-13-5-3-4-6-15(13)23-10-18(21)20-11-19(2,22)14-7-8-16-17(9-14)25-12-24-16/h3-9,22H,10-12H2,1-2H3,(H,20,21). The van der Waals surface area contributed by atoms with Crippen molar-refractivity contribution < 1.29 is 24.1 Å². The number of rotatable bonds is 6. The summed E-state index contributed by atoms with van der Waals surface area (Å²) in [5.41, 5.74) is 0.360. The Labute approximate surface area is 146 Å². The van der Waals surface area contributed by atoms with Crippen molar-refractivity contribution in [3.8, 4) is 17.2 Å². The molecule has 1 aliphatic heterocycles. The van der Waals surface area contributed by atoms with Crippen molar-refractivity contribution in [1.29, 1.82) is 0 Å². The quantitative estimate of drug-likeness (QED) is 0.840. The van der Waals surface area contributed by atoms with Crippen LogP contribution in [0.15, 0.2) is 42.5 Å². The van der Waals surface area contributed by atoms with E-state index in [-0.39, 0.29) is 25.9 Å². The smallest absolute Gasteiger partial charge is 0.258 e. The molecule has 3 rings (SSSR count). The fourth-order valence-corrected chi connectivity index (χ4v) is 2.52. The van der Waals surface area contributed by atoms with Crippen molar-refractivity contribution in [3.63, 3.8) is 0 Å².